The molecule has 0 bridgehead atoms. The number of benzene rings is 2. The zero-order chi connectivity index (χ0) is 16.1. The molecule has 4 aromatic rings. The first-order valence-electron chi connectivity index (χ1n) is 7.02. The zero-order valence-corrected chi connectivity index (χ0v) is 12.2. The Morgan fingerprint density at radius 3 is 2.43 bits per heavy atom. The number of para-hydroxylation sites is 1. The fraction of sp³-hybridized carbons (Fsp3) is 0. The molecular weight excluding hydrogens is 290 g/mol. The van der Waals surface area contributed by atoms with E-state index in [4.69, 9.17) is 0 Å². The van der Waals surface area contributed by atoms with Gasteiger partial charge in [0.2, 0.25) is 0 Å². The summed E-state index contributed by atoms with van der Waals surface area (Å²) in [5.41, 5.74) is 1.16. The van der Waals surface area contributed by atoms with Crippen LogP contribution in [0.4, 0.5) is 5.69 Å². The highest BCUT2D eigenvalue weighted by Crippen LogP contribution is 2.23. The third-order valence-corrected chi connectivity index (χ3v) is 3.37. The fourth-order valence-electron chi connectivity index (χ4n) is 2.27. The second-order valence-electron chi connectivity index (χ2n) is 4.83. The molecule has 0 fully saturated rings. The molecule has 0 amide bonds. The van der Waals surface area contributed by atoms with Gasteiger partial charge in [-0.2, -0.15) is 0 Å². The van der Waals surface area contributed by atoms with Crippen molar-refractivity contribution in [3.05, 3.63) is 89.4 Å². The SMILES string of the molecule is O=[N+]([O-])c1cccc2ccncc12.c1ccc2ncccc2c1. The number of nitrogens with zero attached hydrogens (tertiary/aromatic N) is 3. The van der Waals surface area contributed by atoms with Crippen LogP contribution in [0.1, 0.15) is 0 Å². The monoisotopic (exact) mass is 303 g/mol. The molecule has 23 heavy (non-hydrogen) atoms. The predicted octanol–water partition coefficient (Wildman–Crippen LogP) is 4.38. The molecule has 0 N–H and O–H groups in total. The molecule has 0 unspecified atom stereocenters. The number of hydrogen-bond donors (Lipinski definition) is 0. The Bertz CT molecular complexity index is 899. The number of non-ortho nitro benzene ring substituents is 1. The van der Waals surface area contributed by atoms with Crippen LogP contribution in [0.15, 0.2) is 79.3 Å². The first-order valence-corrected chi connectivity index (χ1v) is 7.02. The average molecular weight is 303 g/mol. The van der Waals surface area contributed by atoms with Crippen molar-refractivity contribution >= 4 is 27.4 Å². The van der Waals surface area contributed by atoms with Crippen LogP contribution < -0.4 is 0 Å². The molecule has 0 radical (unpaired) electrons. The topological polar surface area (TPSA) is 68.9 Å². The molecule has 0 aliphatic carbocycles. The minimum absolute atomic E-state index is 0.102. The van der Waals surface area contributed by atoms with Gasteiger partial charge in [-0.25, -0.2) is 0 Å². The summed E-state index contributed by atoms with van der Waals surface area (Å²) in [6.07, 6.45) is 4.93. The van der Waals surface area contributed by atoms with Crippen LogP contribution in [0.2, 0.25) is 0 Å². The smallest absolute Gasteiger partial charge is 0.264 e. The van der Waals surface area contributed by atoms with Gasteiger partial charge in [0.1, 0.15) is 0 Å². The van der Waals surface area contributed by atoms with Gasteiger partial charge in [-0.1, -0.05) is 36.4 Å². The van der Waals surface area contributed by atoms with Gasteiger partial charge in [-0.3, -0.25) is 20.1 Å². The van der Waals surface area contributed by atoms with Crippen LogP contribution >= 0.6 is 0 Å². The van der Waals surface area contributed by atoms with Crippen molar-refractivity contribution in [2.24, 2.45) is 0 Å². The summed E-state index contributed by atoms with van der Waals surface area (Å²) in [4.78, 5) is 18.2. The normalized spacial score (nSPS) is 10.1. The van der Waals surface area contributed by atoms with E-state index in [1.165, 1.54) is 17.6 Å². The lowest BCUT2D eigenvalue weighted by atomic mass is 10.1. The van der Waals surface area contributed by atoms with Gasteiger partial charge in [0.05, 0.1) is 15.8 Å². The van der Waals surface area contributed by atoms with E-state index in [0.29, 0.717) is 5.39 Å². The van der Waals surface area contributed by atoms with Gasteiger partial charge in [-0.15, -0.1) is 0 Å². The maximum atomic E-state index is 10.6. The molecule has 0 atom stereocenters. The summed E-state index contributed by atoms with van der Waals surface area (Å²) in [7, 11) is 0. The summed E-state index contributed by atoms with van der Waals surface area (Å²) in [6, 6.07) is 18.8. The van der Waals surface area contributed by atoms with Crippen molar-refractivity contribution in [1.29, 1.82) is 0 Å². The maximum absolute atomic E-state index is 10.6. The molecule has 2 aromatic heterocycles. The number of rotatable bonds is 1. The van der Waals surface area contributed by atoms with Gasteiger partial charge in [0, 0.05) is 30.0 Å². The zero-order valence-electron chi connectivity index (χ0n) is 12.2. The molecule has 0 saturated carbocycles. The van der Waals surface area contributed by atoms with E-state index >= 15 is 0 Å². The highest BCUT2D eigenvalue weighted by molar-refractivity contribution is 5.89. The molecule has 0 aliphatic heterocycles. The van der Waals surface area contributed by atoms with Crippen LogP contribution in [0, 0.1) is 10.1 Å². The highest BCUT2D eigenvalue weighted by atomic mass is 16.6. The maximum Gasteiger partial charge on any atom is 0.278 e. The van der Waals surface area contributed by atoms with Gasteiger partial charge < -0.3 is 0 Å². The van der Waals surface area contributed by atoms with E-state index in [9.17, 15) is 10.1 Å². The molecule has 5 nitrogen and oxygen atoms in total. The largest absolute Gasteiger partial charge is 0.278 e. The molecule has 0 saturated heterocycles. The number of pyridine rings is 2. The Kier molecular flexibility index (Phi) is 4.20. The van der Waals surface area contributed by atoms with Crippen LogP contribution in [0.3, 0.4) is 0 Å². The molecule has 5 heteroatoms. The van der Waals surface area contributed by atoms with Crippen LogP contribution in [-0.2, 0) is 0 Å². The predicted molar refractivity (Wildman–Crippen MR) is 90.1 cm³/mol. The lowest BCUT2D eigenvalue weighted by Crippen LogP contribution is -1.89. The molecule has 2 heterocycles. The van der Waals surface area contributed by atoms with Gasteiger partial charge in [-0.05, 0) is 23.6 Å². The van der Waals surface area contributed by atoms with Crippen molar-refractivity contribution in [2.75, 3.05) is 0 Å². The minimum atomic E-state index is -0.399. The third-order valence-electron chi connectivity index (χ3n) is 3.37. The van der Waals surface area contributed by atoms with E-state index < -0.39 is 4.92 Å². The highest BCUT2D eigenvalue weighted by Gasteiger charge is 2.09. The van der Waals surface area contributed by atoms with Crippen LogP contribution in [0.25, 0.3) is 21.7 Å². The third kappa shape index (κ3) is 3.29. The number of nitro benzene ring substituents is 1. The molecule has 0 spiro atoms. The molecule has 2 aromatic carbocycles. The van der Waals surface area contributed by atoms with E-state index in [-0.39, 0.29) is 5.69 Å². The van der Waals surface area contributed by atoms with Gasteiger partial charge >= 0.3 is 0 Å². The van der Waals surface area contributed by atoms with Gasteiger partial charge in [0.15, 0.2) is 0 Å². The van der Waals surface area contributed by atoms with Crippen molar-refractivity contribution in [2.45, 2.75) is 0 Å². The minimum Gasteiger partial charge on any atom is -0.264 e. The van der Waals surface area contributed by atoms with Crippen molar-refractivity contribution < 1.29 is 4.92 Å². The number of aromatic nitrogens is 2. The Balaban J connectivity index is 0.000000140. The van der Waals surface area contributed by atoms with E-state index in [1.54, 1.807) is 18.3 Å². The first kappa shape index (κ1) is 14.6. The number of hydrogen-bond acceptors (Lipinski definition) is 4. The van der Waals surface area contributed by atoms with Crippen molar-refractivity contribution in [1.82, 2.24) is 9.97 Å². The molecular formula is C18H13N3O2. The summed E-state index contributed by atoms with van der Waals surface area (Å²) >= 11 is 0. The Morgan fingerprint density at radius 1 is 0.826 bits per heavy atom. The summed E-state index contributed by atoms with van der Waals surface area (Å²) in [5.74, 6) is 0. The Hall–Kier alpha value is -3.34. The van der Waals surface area contributed by atoms with Crippen molar-refractivity contribution in [3.8, 4) is 0 Å². The van der Waals surface area contributed by atoms with Gasteiger partial charge in [0.25, 0.3) is 5.69 Å². The Labute approximate surface area is 132 Å². The molecule has 0 aliphatic rings. The average Bonchev–Trinajstić information content (AvgIpc) is 2.62. The fourth-order valence-corrected chi connectivity index (χ4v) is 2.27. The summed E-state index contributed by atoms with van der Waals surface area (Å²) in [5, 5.41) is 13.2. The second kappa shape index (κ2) is 6.62. The standard InChI is InChI=1S/C9H6N2O2.C9H7N/c12-11(13)9-3-1-2-7-4-5-10-6-8(7)9;1-2-6-9-8(4-1)5-3-7-10-9/h1-6H;1-7H. The number of nitro groups is 1. The quantitative estimate of drug-likeness (QED) is 0.386. The van der Waals surface area contributed by atoms with E-state index in [1.807, 2.05) is 36.5 Å². The van der Waals surface area contributed by atoms with Crippen LogP contribution in [0.5, 0.6) is 0 Å². The second-order valence-corrected chi connectivity index (χ2v) is 4.83. The lowest BCUT2D eigenvalue weighted by Gasteiger charge is -1.96. The molecule has 4 rings (SSSR count). The van der Waals surface area contributed by atoms with Crippen molar-refractivity contribution in [3.63, 3.8) is 0 Å². The first-order chi connectivity index (χ1) is 11.3. The van der Waals surface area contributed by atoms with Crippen LogP contribution in [-0.4, -0.2) is 14.9 Å². The molecule has 112 valence electrons. The van der Waals surface area contributed by atoms with E-state index in [2.05, 4.69) is 22.1 Å². The lowest BCUT2D eigenvalue weighted by molar-refractivity contribution is -0.383. The number of fused-ring (bicyclic) bond motifs is 2. The summed E-state index contributed by atoms with van der Waals surface area (Å²) in [6.45, 7) is 0. The van der Waals surface area contributed by atoms with E-state index in [0.717, 1.165) is 10.9 Å². The summed E-state index contributed by atoms with van der Waals surface area (Å²) < 4.78 is 0. The Morgan fingerprint density at radius 2 is 1.61 bits per heavy atom.